The second-order valence-corrected chi connectivity index (χ2v) is 6.54. The lowest BCUT2D eigenvalue weighted by molar-refractivity contribution is 0.0529. The molecule has 0 saturated heterocycles. The maximum atomic E-state index is 11.6. The predicted octanol–water partition coefficient (Wildman–Crippen LogP) is 3.19. The van der Waals surface area contributed by atoms with Gasteiger partial charge in [0.2, 0.25) is 0 Å². The van der Waals surface area contributed by atoms with E-state index >= 15 is 0 Å². The highest BCUT2D eigenvalue weighted by Gasteiger charge is 2.15. The summed E-state index contributed by atoms with van der Waals surface area (Å²) in [5.41, 5.74) is 1.91. The van der Waals surface area contributed by atoms with Crippen LogP contribution in [0.3, 0.4) is 0 Å². The maximum absolute atomic E-state index is 11.6. The predicted molar refractivity (Wildman–Crippen MR) is 114 cm³/mol. The van der Waals surface area contributed by atoms with Crippen molar-refractivity contribution in [3.63, 3.8) is 0 Å². The fourth-order valence-corrected chi connectivity index (χ4v) is 1.87. The van der Waals surface area contributed by atoms with Gasteiger partial charge in [-0.05, 0) is 40.2 Å². The molecule has 3 N–H and O–H groups in total. The number of ether oxygens (including phenoxy) is 1. The number of nitrogens with zero attached hydrogens (tertiary/aromatic N) is 1. The second-order valence-electron chi connectivity index (χ2n) is 6.54. The fourth-order valence-electron chi connectivity index (χ4n) is 1.87. The minimum absolute atomic E-state index is 0. The van der Waals surface area contributed by atoms with E-state index in [1.807, 2.05) is 27.7 Å². The average Bonchev–Trinajstić information content (AvgIpc) is 2.49. The van der Waals surface area contributed by atoms with Crippen molar-refractivity contribution in [2.24, 2.45) is 4.99 Å². The summed E-state index contributed by atoms with van der Waals surface area (Å²) in [5, 5.41) is 9.08. The molecule has 0 bridgehead atoms. The Hall–Kier alpha value is -1.51. The van der Waals surface area contributed by atoms with Crippen molar-refractivity contribution in [3.05, 3.63) is 35.4 Å². The van der Waals surface area contributed by atoms with Gasteiger partial charge in [0.1, 0.15) is 5.60 Å². The molecule has 0 saturated carbocycles. The number of carbonyl (C=O) groups is 1. The van der Waals surface area contributed by atoms with Crippen molar-refractivity contribution in [1.29, 1.82) is 0 Å². The summed E-state index contributed by atoms with van der Waals surface area (Å²) >= 11 is 0. The highest BCUT2D eigenvalue weighted by molar-refractivity contribution is 14.0. The molecule has 142 valence electrons. The zero-order valence-corrected chi connectivity index (χ0v) is 18.1. The number of hydrogen-bond donors (Lipinski definition) is 3. The number of amides is 1. The summed E-state index contributed by atoms with van der Waals surface area (Å²) in [7, 11) is 0. The highest BCUT2D eigenvalue weighted by atomic mass is 127. The van der Waals surface area contributed by atoms with E-state index in [-0.39, 0.29) is 24.0 Å². The van der Waals surface area contributed by atoms with Crippen molar-refractivity contribution in [2.45, 2.75) is 46.8 Å². The first-order valence-electron chi connectivity index (χ1n) is 8.34. The van der Waals surface area contributed by atoms with Gasteiger partial charge in [-0.3, -0.25) is 0 Å². The first-order valence-corrected chi connectivity index (χ1v) is 8.34. The van der Waals surface area contributed by atoms with E-state index in [9.17, 15) is 4.79 Å². The Bertz CT molecular complexity index is 539. The molecule has 1 aromatic carbocycles. The van der Waals surface area contributed by atoms with Crippen LogP contribution in [0, 0.1) is 6.92 Å². The summed E-state index contributed by atoms with van der Waals surface area (Å²) in [6, 6.07) is 8.31. The third-order valence-electron chi connectivity index (χ3n) is 2.97. The third-order valence-corrected chi connectivity index (χ3v) is 2.97. The lowest BCUT2D eigenvalue weighted by atomic mass is 10.1. The molecule has 1 amide bonds. The summed E-state index contributed by atoms with van der Waals surface area (Å²) in [6.07, 6.45) is -0.411. The Labute approximate surface area is 168 Å². The van der Waals surface area contributed by atoms with Gasteiger partial charge < -0.3 is 20.7 Å². The van der Waals surface area contributed by atoms with Crippen molar-refractivity contribution in [3.8, 4) is 0 Å². The Morgan fingerprint density at radius 2 is 1.68 bits per heavy atom. The minimum atomic E-state index is -0.484. The molecule has 0 fully saturated rings. The van der Waals surface area contributed by atoms with E-state index in [1.54, 1.807) is 0 Å². The number of alkyl carbamates (subject to hydrolysis) is 1. The van der Waals surface area contributed by atoms with Crippen molar-refractivity contribution in [1.82, 2.24) is 16.0 Å². The van der Waals surface area contributed by atoms with Crippen LogP contribution in [0.2, 0.25) is 0 Å². The van der Waals surface area contributed by atoms with Crippen LogP contribution in [0.4, 0.5) is 4.79 Å². The fraction of sp³-hybridized carbons (Fsp3) is 0.556. The topological polar surface area (TPSA) is 74.8 Å². The van der Waals surface area contributed by atoms with Crippen LogP contribution in [-0.4, -0.2) is 37.3 Å². The van der Waals surface area contributed by atoms with Gasteiger partial charge in [-0.25, -0.2) is 9.79 Å². The number of aryl methyl sites for hydroxylation is 1. The van der Waals surface area contributed by atoms with Gasteiger partial charge in [-0.1, -0.05) is 29.8 Å². The zero-order valence-electron chi connectivity index (χ0n) is 15.8. The van der Waals surface area contributed by atoms with E-state index in [0.717, 1.165) is 18.1 Å². The molecule has 0 radical (unpaired) electrons. The number of benzene rings is 1. The van der Waals surface area contributed by atoms with Crippen LogP contribution in [0.1, 0.15) is 38.8 Å². The number of rotatable bonds is 6. The van der Waals surface area contributed by atoms with Crippen LogP contribution < -0.4 is 16.0 Å². The Morgan fingerprint density at radius 1 is 1.08 bits per heavy atom. The summed E-state index contributed by atoms with van der Waals surface area (Å²) < 4.78 is 5.18. The molecule has 25 heavy (non-hydrogen) atoms. The number of halogens is 1. The molecule has 0 aliphatic heterocycles. The first kappa shape index (κ1) is 23.5. The van der Waals surface area contributed by atoms with Gasteiger partial charge >= 0.3 is 6.09 Å². The average molecular weight is 462 g/mol. The second kappa shape index (κ2) is 11.9. The minimum Gasteiger partial charge on any atom is -0.444 e. The van der Waals surface area contributed by atoms with E-state index in [2.05, 4.69) is 52.1 Å². The smallest absolute Gasteiger partial charge is 0.407 e. The molecule has 0 heterocycles. The molecule has 6 nitrogen and oxygen atoms in total. The highest BCUT2D eigenvalue weighted by Crippen LogP contribution is 2.06. The number of hydrogen-bond acceptors (Lipinski definition) is 3. The SMILES string of the molecule is CCNC(=NCc1ccc(C)cc1)NCCNC(=O)OC(C)(C)C.I. The normalized spacial score (nSPS) is 11.3. The molecule has 1 rings (SSSR count). The summed E-state index contributed by atoms with van der Waals surface area (Å²) in [4.78, 5) is 16.1. The van der Waals surface area contributed by atoms with Crippen molar-refractivity contribution in [2.75, 3.05) is 19.6 Å². The standard InChI is InChI=1S/C18H30N4O2.HI/c1-6-19-16(22-13-15-9-7-14(2)8-10-15)20-11-12-21-17(23)24-18(3,4)5;/h7-10H,6,11-13H2,1-5H3,(H,21,23)(H2,19,20,22);1H. The van der Waals surface area contributed by atoms with Crippen LogP contribution in [0.15, 0.2) is 29.3 Å². The van der Waals surface area contributed by atoms with Crippen LogP contribution in [0.25, 0.3) is 0 Å². The molecule has 0 atom stereocenters. The molecule has 0 unspecified atom stereocenters. The van der Waals surface area contributed by atoms with Crippen LogP contribution in [-0.2, 0) is 11.3 Å². The zero-order chi connectivity index (χ0) is 18.0. The van der Waals surface area contributed by atoms with Gasteiger partial charge in [0, 0.05) is 19.6 Å². The molecule has 0 aliphatic rings. The molecular weight excluding hydrogens is 431 g/mol. The van der Waals surface area contributed by atoms with E-state index in [1.165, 1.54) is 5.56 Å². The molecule has 1 aromatic rings. The number of aliphatic imine (C=N–C) groups is 1. The van der Waals surface area contributed by atoms with Gasteiger partial charge in [0.05, 0.1) is 6.54 Å². The monoisotopic (exact) mass is 462 g/mol. The Balaban J connectivity index is 0.00000576. The van der Waals surface area contributed by atoms with Crippen molar-refractivity contribution >= 4 is 36.0 Å². The van der Waals surface area contributed by atoms with Crippen LogP contribution >= 0.6 is 24.0 Å². The molecule has 0 aromatic heterocycles. The molecule has 7 heteroatoms. The van der Waals surface area contributed by atoms with Gasteiger partial charge in [0.15, 0.2) is 5.96 Å². The quantitative estimate of drug-likeness (QED) is 0.263. The Morgan fingerprint density at radius 3 is 2.24 bits per heavy atom. The molecular formula is C18H31IN4O2. The van der Waals surface area contributed by atoms with Crippen LogP contribution in [0.5, 0.6) is 0 Å². The summed E-state index contributed by atoms with van der Waals surface area (Å²) in [5.74, 6) is 0.726. The lowest BCUT2D eigenvalue weighted by Crippen LogP contribution is -2.42. The molecule has 0 aliphatic carbocycles. The number of carbonyl (C=O) groups excluding carboxylic acids is 1. The maximum Gasteiger partial charge on any atom is 0.407 e. The van der Waals surface area contributed by atoms with Gasteiger partial charge in [0.25, 0.3) is 0 Å². The Kier molecular flexibility index (Phi) is 11.2. The van der Waals surface area contributed by atoms with Gasteiger partial charge in [-0.15, -0.1) is 24.0 Å². The largest absolute Gasteiger partial charge is 0.444 e. The third kappa shape index (κ3) is 11.6. The van der Waals surface area contributed by atoms with Crippen molar-refractivity contribution < 1.29 is 9.53 Å². The molecule has 0 spiro atoms. The number of nitrogens with one attached hydrogen (secondary N) is 3. The van der Waals surface area contributed by atoms with E-state index in [4.69, 9.17) is 4.74 Å². The van der Waals surface area contributed by atoms with Gasteiger partial charge in [-0.2, -0.15) is 0 Å². The van der Waals surface area contributed by atoms with E-state index in [0.29, 0.717) is 19.6 Å². The van der Waals surface area contributed by atoms with E-state index < -0.39 is 11.7 Å². The summed E-state index contributed by atoms with van der Waals surface area (Å²) in [6.45, 7) is 12.0. The first-order chi connectivity index (χ1) is 11.3. The lowest BCUT2D eigenvalue weighted by Gasteiger charge is -2.19. The number of guanidine groups is 1.